The highest BCUT2D eigenvalue weighted by Gasteiger charge is 2.07. The molecule has 0 aliphatic rings. The third kappa shape index (κ3) is 1.41. The number of pyridine rings is 2. The zero-order valence-electron chi connectivity index (χ0n) is 9.64. The fraction of sp³-hybridized carbons (Fsp3) is 0.154. The predicted octanol–water partition coefficient (Wildman–Crippen LogP) is 2.31. The van der Waals surface area contributed by atoms with Gasteiger partial charge in [0.1, 0.15) is 17.0 Å². The molecular weight excluding hydrogens is 214 g/mol. The van der Waals surface area contributed by atoms with Crippen molar-refractivity contribution < 1.29 is 4.79 Å². The summed E-state index contributed by atoms with van der Waals surface area (Å²) in [4.78, 5) is 19.5. The average Bonchev–Trinajstić information content (AvgIpc) is 2.72. The maximum atomic E-state index is 10.7. The summed E-state index contributed by atoms with van der Waals surface area (Å²) in [5.41, 5.74) is 4.16. The molecule has 0 aliphatic heterocycles. The summed E-state index contributed by atoms with van der Waals surface area (Å²) in [5.74, 6) is 0. The van der Waals surface area contributed by atoms with Crippen molar-refractivity contribution in [2.75, 3.05) is 0 Å². The summed E-state index contributed by atoms with van der Waals surface area (Å²) in [6.45, 7) is 4.02. The van der Waals surface area contributed by atoms with Gasteiger partial charge in [-0.3, -0.25) is 9.20 Å². The third-order valence-electron chi connectivity index (χ3n) is 2.87. The van der Waals surface area contributed by atoms with Crippen LogP contribution in [0.2, 0.25) is 0 Å². The number of carbonyl (C=O) groups is 1. The highest BCUT2D eigenvalue weighted by molar-refractivity contribution is 5.83. The van der Waals surface area contributed by atoms with Gasteiger partial charge in [-0.25, -0.2) is 9.97 Å². The van der Waals surface area contributed by atoms with Crippen molar-refractivity contribution in [2.45, 2.75) is 13.8 Å². The lowest BCUT2D eigenvalue weighted by Crippen LogP contribution is -1.94. The molecule has 4 heteroatoms. The Morgan fingerprint density at radius 2 is 2.06 bits per heavy atom. The lowest BCUT2D eigenvalue weighted by molar-refractivity contribution is 0.111. The molecule has 17 heavy (non-hydrogen) atoms. The normalized spacial score (nSPS) is 11.2. The van der Waals surface area contributed by atoms with Crippen LogP contribution in [-0.4, -0.2) is 20.7 Å². The monoisotopic (exact) mass is 225 g/mol. The minimum Gasteiger partial charge on any atom is -0.296 e. The van der Waals surface area contributed by atoms with Gasteiger partial charge >= 0.3 is 0 Å². The molecule has 3 heterocycles. The molecule has 0 spiro atoms. The van der Waals surface area contributed by atoms with Crippen LogP contribution in [0.5, 0.6) is 0 Å². The van der Waals surface area contributed by atoms with Gasteiger partial charge in [0.2, 0.25) is 0 Å². The molecule has 4 nitrogen and oxygen atoms in total. The Hall–Kier alpha value is -2.23. The van der Waals surface area contributed by atoms with Crippen LogP contribution in [0, 0.1) is 13.8 Å². The van der Waals surface area contributed by atoms with E-state index in [1.54, 1.807) is 6.20 Å². The highest BCUT2D eigenvalue weighted by atomic mass is 16.1. The summed E-state index contributed by atoms with van der Waals surface area (Å²) in [5, 5.41) is 1.08. The summed E-state index contributed by atoms with van der Waals surface area (Å²) in [6.07, 6.45) is 2.47. The molecule has 3 aromatic rings. The minimum atomic E-state index is 0.429. The number of aryl methyl sites for hydroxylation is 2. The summed E-state index contributed by atoms with van der Waals surface area (Å²) >= 11 is 0. The van der Waals surface area contributed by atoms with E-state index in [0.29, 0.717) is 5.69 Å². The molecule has 0 unspecified atom stereocenters. The topological polar surface area (TPSA) is 47.3 Å². The van der Waals surface area contributed by atoms with Crippen LogP contribution in [0.15, 0.2) is 24.4 Å². The molecule has 0 radical (unpaired) electrons. The Morgan fingerprint density at radius 3 is 2.82 bits per heavy atom. The van der Waals surface area contributed by atoms with Crippen LogP contribution >= 0.6 is 0 Å². The van der Waals surface area contributed by atoms with Crippen molar-refractivity contribution in [3.63, 3.8) is 0 Å². The van der Waals surface area contributed by atoms with E-state index >= 15 is 0 Å². The summed E-state index contributed by atoms with van der Waals surface area (Å²) in [6, 6.07) is 5.94. The van der Waals surface area contributed by atoms with E-state index in [1.165, 1.54) is 5.56 Å². The van der Waals surface area contributed by atoms with Crippen molar-refractivity contribution >= 4 is 23.0 Å². The fourth-order valence-corrected chi connectivity index (χ4v) is 2.13. The quantitative estimate of drug-likeness (QED) is 0.597. The van der Waals surface area contributed by atoms with Gasteiger partial charge in [0.15, 0.2) is 6.29 Å². The van der Waals surface area contributed by atoms with Crippen molar-refractivity contribution in [1.29, 1.82) is 0 Å². The minimum absolute atomic E-state index is 0.429. The van der Waals surface area contributed by atoms with E-state index in [2.05, 4.69) is 16.9 Å². The van der Waals surface area contributed by atoms with Gasteiger partial charge in [0, 0.05) is 17.3 Å². The molecule has 0 N–H and O–H groups in total. The molecule has 0 aromatic carbocycles. The zero-order chi connectivity index (χ0) is 12.0. The Kier molecular flexibility index (Phi) is 1.98. The van der Waals surface area contributed by atoms with Gasteiger partial charge in [-0.05, 0) is 37.6 Å². The molecule has 0 aliphatic carbocycles. The van der Waals surface area contributed by atoms with Gasteiger partial charge in [-0.15, -0.1) is 0 Å². The number of nitrogens with zero attached hydrogens (tertiary/aromatic N) is 3. The lowest BCUT2D eigenvalue weighted by Gasteiger charge is -2.05. The van der Waals surface area contributed by atoms with Gasteiger partial charge in [-0.1, -0.05) is 0 Å². The number of carbonyl (C=O) groups excluding carboxylic acids is 1. The van der Waals surface area contributed by atoms with E-state index in [0.717, 1.165) is 28.7 Å². The van der Waals surface area contributed by atoms with Gasteiger partial charge in [0.25, 0.3) is 0 Å². The average molecular weight is 225 g/mol. The van der Waals surface area contributed by atoms with Crippen LogP contribution in [0.25, 0.3) is 16.7 Å². The van der Waals surface area contributed by atoms with Crippen LogP contribution < -0.4 is 0 Å². The molecule has 0 saturated carbocycles. The second kappa shape index (κ2) is 3.38. The van der Waals surface area contributed by atoms with Crippen LogP contribution in [0.3, 0.4) is 0 Å². The van der Waals surface area contributed by atoms with E-state index in [9.17, 15) is 4.79 Å². The zero-order valence-corrected chi connectivity index (χ0v) is 9.64. The number of rotatable bonds is 1. The molecule has 0 bridgehead atoms. The maximum Gasteiger partial charge on any atom is 0.170 e. The molecule has 3 rings (SSSR count). The Bertz CT molecular complexity index is 743. The standard InChI is InChI=1S/C13H11N3O/c1-8-5-9(2)14-13-11(8)3-4-12-15-10(7-17)6-16(12)13/h3-7H,1-2H3. The maximum absolute atomic E-state index is 10.7. The molecular formula is C13H11N3O. The first kappa shape index (κ1) is 9.96. The van der Waals surface area contributed by atoms with Gasteiger partial charge in [0.05, 0.1) is 0 Å². The largest absolute Gasteiger partial charge is 0.296 e. The van der Waals surface area contributed by atoms with E-state index in [4.69, 9.17) is 0 Å². The number of hydrogen-bond donors (Lipinski definition) is 0. The van der Waals surface area contributed by atoms with Crippen molar-refractivity contribution in [3.8, 4) is 0 Å². The van der Waals surface area contributed by atoms with Crippen molar-refractivity contribution in [3.05, 3.63) is 41.3 Å². The first-order valence-electron chi connectivity index (χ1n) is 5.40. The lowest BCUT2D eigenvalue weighted by atomic mass is 10.1. The second-order valence-electron chi connectivity index (χ2n) is 4.16. The molecule has 0 amide bonds. The number of imidazole rings is 1. The third-order valence-corrected chi connectivity index (χ3v) is 2.87. The molecule has 0 atom stereocenters. The summed E-state index contributed by atoms with van der Waals surface area (Å²) < 4.78 is 1.86. The predicted molar refractivity (Wildman–Crippen MR) is 65.4 cm³/mol. The second-order valence-corrected chi connectivity index (χ2v) is 4.16. The molecule has 0 saturated heterocycles. The van der Waals surface area contributed by atoms with E-state index in [1.807, 2.05) is 29.5 Å². The van der Waals surface area contributed by atoms with E-state index in [-0.39, 0.29) is 0 Å². The first-order valence-corrected chi connectivity index (χ1v) is 5.40. The smallest absolute Gasteiger partial charge is 0.170 e. The number of fused-ring (bicyclic) bond motifs is 3. The molecule has 84 valence electrons. The summed E-state index contributed by atoms with van der Waals surface area (Å²) in [7, 11) is 0. The molecule has 3 aromatic heterocycles. The number of aromatic nitrogens is 3. The number of hydrogen-bond acceptors (Lipinski definition) is 3. The van der Waals surface area contributed by atoms with Gasteiger partial charge in [-0.2, -0.15) is 0 Å². The fourth-order valence-electron chi connectivity index (χ4n) is 2.13. The molecule has 0 fully saturated rings. The number of aldehydes is 1. The Labute approximate surface area is 97.9 Å². The van der Waals surface area contributed by atoms with Gasteiger partial charge < -0.3 is 0 Å². The Morgan fingerprint density at radius 1 is 1.24 bits per heavy atom. The van der Waals surface area contributed by atoms with Crippen molar-refractivity contribution in [1.82, 2.24) is 14.4 Å². The van der Waals surface area contributed by atoms with E-state index < -0.39 is 0 Å². The van der Waals surface area contributed by atoms with Crippen LogP contribution in [0.1, 0.15) is 21.7 Å². The first-order chi connectivity index (χ1) is 8.19. The van der Waals surface area contributed by atoms with Crippen LogP contribution in [0.4, 0.5) is 0 Å². The highest BCUT2D eigenvalue weighted by Crippen LogP contribution is 2.19. The Balaban J connectivity index is 2.53. The van der Waals surface area contributed by atoms with Crippen molar-refractivity contribution in [2.24, 2.45) is 0 Å². The SMILES string of the molecule is Cc1cc(C)c2ccc3nc(C=O)cn3c2n1. The van der Waals surface area contributed by atoms with Crippen LogP contribution in [-0.2, 0) is 0 Å².